The molecule has 14 heteroatoms. The molecule has 0 bridgehead atoms. The van der Waals surface area contributed by atoms with Crippen LogP contribution < -0.4 is 21.1 Å². The number of piperidine rings is 2. The van der Waals surface area contributed by atoms with Crippen molar-refractivity contribution in [1.82, 2.24) is 39.1 Å². The van der Waals surface area contributed by atoms with E-state index in [0.29, 0.717) is 41.3 Å². The molecule has 8 rings (SSSR count). The van der Waals surface area contributed by atoms with Crippen molar-refractivity contribution >= 4 is 45.3 Å². The molecule has 0 spiro atoms. The molecule has 3 aliphatic rings. The number of fused-ring (bicyclic) bond motifs is 2. The zero-order chi connectivity index (χ0) is 35.9. The first-order valence-corrected chi connectivity index (χ1v) is 18.2. The first kappa shape index (κ1) is 33.8. The topological polar surface area (TPSA) is 158 Å². The van der Waals surface area contributed by atoms with E-state index in [1.165, 1.54) is 18.7 Å². The number of nitrogens with zero attached hydrogens (tertiary/aromatic N) is 7. The van der Waals surface area contributed by atoms with Crippen LogP contribution in [0.2, 0.25) is 0 Å². The number of anilines is 1. The summed E-state index contributed by atoms with van der Waals surface area (Å²) in [6.07, 6.45) is 13.4. The van der Waals surface area contributed by atoms with Crippen molar-refractivity contribution in [2.75, 3.05) is 32.1 Å². The molecule has 3 fully saturated rings. The van der Waals surface area contributed by atoms with Gasteiger partial charge in [0.15, 0.2) is 0 Å². The van der Waals surface area contributed by atoms with Gasteiger partial charge in [-0.1, -0.05) is 12.1 Å². The summed E-state index contributed by atoms with van der Waals surface area (Å²) >= 11 is 0. The Morgan fingerprint density at radius 2 is 1.77 bits per heavy atom. The maximum Gasteiger partial charge on any atom is 0.329 e. The Balaban J connectivity index is 0.880. The van der Waals surface area contributed by atoms with Crippen LogP contribution in [0.4, 0.5) is 5.69 Å². The van der Waals surface area contributed by atoms with E-state index < -0.39 is 11.9 Å². The van der Waals surface area contributed by atoms with Gasteiger partial charge in [0.1, 0.15) is 18.1 Å². The summed E-state index contributed by atoms with van der Waals surface area (Å²) in [4.78, 5) is 61.1. The van der Waals surface area contributed by atoms with E-state index in [1.807, 2.05) is 24.3 Å². The SMILES string of the molecule is COc1cc2nn(C3CCC(CN4CCC(c5cccc6c5n(C)c(=O)n6C5CCC(=O)NC5=O)CC4)CC3)cc2cc1NC(=O)c1cncnc1. The maximum atomic E-state index is 13.4. The third-order valence-electron chi connectivity index (χ3n) is 11.3. The molecule has 3 aromatic heterocycles. The molecule has 5 heterocycles. The lowest BCUT2D eigenvalue weighted by Crippen LogP contribution is -2.44. The van der Waals surface area contributed by atoms with Crippen LogP contribution in [0.5, 0.6) is 5.75 Å². The minimum Gasteiger partial charge on any atom is -0.494 e. The van der Waals surface area contributed by atoms with E-state index in [4.69, 9.17) is 9.84 Å². The highest BCUT2D eigenvalue weighted by atomic mass is 16.5. The highest BCUT2D eigenvalue weighted by Gasteiger charge is 2.33. The number of rotatable bonds is 8. The molecule has 1 unspecified atom stereocenters. The molecular weight excluding hydrogens is 662 g/mol. The third kappa shape index (κ3) is 6.35. The van der Waals surface area contributed by atoms with E-state index in [9.17, 15) is 19.2 Å². The van der Waals surface area contributed by atoms with Crippen LogP contribution in [0.1, 0.15) is 85.3 Å². The van der Waals surface area contributed by atoms with E-state index in [2.05, 4.69) is 42.4 Å². The second kappa shape index (κ2) is 14.0. The van der Waals surface area contributed by atoms with E-state index >= 15 is 0 Å². The number of aryl methyl sites for hydroxylation is 1. The number of carbonyl (C=O) groups is 3. The van der Waals surface area contributed by atoms with Crippen molar-refractivity contribution in [3.05, 3.63) is 76.9 Å². The number of imidazole rings is 1. The first-order chi connectivity index (χ1) is 25.3. The molecule has 2 aromatic carbocycles. The summed E-state index contributed by atoms with van der Waals surface area (Å²) in [7, 11) is 3.36. The standard InChI is InChI=1S/C38H43N9O5/c1-44-35-28(4-3-5-31(35)47(38(44)51)32-10-11-34(48)42-37(32)50)24-12-14-45(15-13-24)20-23-6-8-27(9-7-23)46-21-25-16-30(33(52-2)17-29(25)43-46)41-36(49)26-18-39-22-40-19-26/h3-5,16-19,21-24,27,32H,6-15,20H2,1-2H3,(H,41,49)(H,42,48,50). The number of likely N-dealkylation sites (tertiary alicyclic amines) is 1. The minimum atomic E-state index is -0.680. The molecule has 2 aliphatic heterocycles. The van der Waals surface area contributed by atoms with Gasteiger partial charge in [-0.05, 0) is 87.6 Å². The first-order valence-electron chi connectivity index (χ1n) is 18.2. The molecule has 14 nitrogen and oxygen atoms in total. The van der Waals surface area contributed by atoms with Crippen LogP contribution in [0.3, 0.4) is 0 Å². The minimum absolute atomic E-state index is 0.221. The Kier molecular flexibility index (Phi) is 9.08. The van der Waals surface area contributed by atoms with E-state index in [0.717, 1.165) is 85.7 Å². The highest BCUT2D eigenvalue weighted by Crippen LogP contribution is 2.38. The Labute approximate surface area is 300 Å². The monoisotopic (exact) mass is 705 g/mol. The lowest BCUT2D eigenvalue weighted by atomic mass is 9.84. The zero-order valence-corrected chi connectivity index (χ0v) is 29.5. The summed E-state index contributed by atoms with van der Waals surface area (Å²) < 4.78 is 10.9. The van der Waals surface area contributed by atoms with Crippen molar-refractivity contribution in [3.63, 3.8) is 0 Å². The smallest absolute Gasteiger partial charge is 0.329 e. The highest BCUT2D eigenvalue weighted by molar-refractivity contribution is 6.06. The van der Waals surface area contributed by atoms with Crippen molar-refractivity contribution in [3.8, 4) is 5.75 Å². The lowest BCUT2D eigenvalue weighted by Gasteiger charge is -2.37. The molecule has 1 aliphatic carbocycles. The quantitative estimate of drug-likeness (QED) is 0.224. The van der Waals surface area contributed by atoms with Crippen LogP contribution in [0, 0.1) is 5.92 Å². The number of aromatic nitrogens is 6. The summed E-state index contributed by atoms with van der Waals surface area (Å²) in [5, 5.41) is 11.2. The average Bonchev–Trinajstić information content (AvgIpc) is 3.69. The van der Waals surface area contributed by atoms with Gasteiger partial charge in [-0.25, -0.2) is 14.8 Å². The van der Waals surface area contributed by atoms with Crippen LogP contribution in [-0.2, 0) is 16.6 Å². The van der Waals surface area contributed by atoms with Crippen molar-refractivity contribution in [2.45, 2.75) is 69.4 Å². The van der Waals surface area contributed by atoms with Crippen molar-refractivity contribution < 1.29 is 19.1 Å². The molecule has 3 amide bonds. The van der Waals surface area contributed by atoms with E-state index in [-0.39, 0.29) is 23.9 Å². The summed E-state index contributed by atoms with van der Waals surface area (Å²) in [6.45, 7) is 3.10. The number of para-hydroxylation sites is 1. The van der Waals surface area contributed by atoms with Crippen LogP contribution >= 0.6 is 0 Å². The number of amides is 3. The Hall–Kier alpha value is -5.37. The van der Waals surface area contributed by atoms with Gasteiger partial charge in [-0.3, -0.25) is 33.5 Å². The zero-order valence-electron chi connectivity index (χ0n) is 29.5. The normalized spacial score (nSPS) is 21.8. The molecule has 5 aromatic rings. The number of nitrogens with one attached hydrogen (secondary N) is 2. The van der Waals surface area contributed by atoms with Crippen LogP contribution in [0.25, 0.3) is 21.9 Å². The van der Waals surface area contributed by atoms with Gasteiger partial charge in [-0.2, -0.15) is 5.10 Å². The van der Waals surface area contributed by atoms with Crippen LogP contribution in [0.15, 0.2) is 60.0 Å². The Bertz CT molecular complexity index is 2210. The van der Waals surface area contributed by atoms with Gasteiger partial charge in [0.2, 0.25) is 11.8 Å². The van der Waals surface area contributed by atoms with Gasteiger partial charge in [0.25, 0.3) is 5.91 Å². The molecule has 2 N–H and O–H groups in total. The number of methoxy groups -OCH3 is 1. The second-order valence-corrected chi connectivity index (χ2v) is 14.4. The third-order valence-corrected chi connectivity index (χ3v) is 11.3. The number of ether oxygens (including phenoxy) is 1. The summed E-state index contributed by atoms with van der Waals surface area (Å²) in [5.74, 6) is 0.498. The van der Waals surface area contributed by atoms with Crippen molar-refractivity contribution in [2.24, 2.45) is 13.0 Å². The molecule has 1 saturated carbocycles. The van der Waals surface area contributed by atoms with Gasteiger partial charge >= 0.3 is 5.69 Å². The van der Waals surface area contributed by atoms with Gasteiger partial charge in [0, 0.05) is 50.1 Å². The fourth-order valence-corrected chi connectivity index (χ4v) is 8.55. The summed E-state index contributed by atoms with van der Waals surface area (Å²) in [6, 6.07) is 9.44. The number of benzene rings is 2. The second-order valence-electron chi connectivity index (χ2n) is 14.4. The van der Waals surface area contributed by atoms with E-state index in [1.54, 1.807) is 23.3 Å². The number of imide groups is 1. The Morgan fingerprint density at radius 1 is 1.00 bits per heavy atom. The van der Waals surface area contributed by atoms with Crippen LogP contribution in [-0.4, -0.2) is 78.2 Å². The van der Waals surface area contributed by atoms with Gasteiger partial charge in [-0.15, -0.1) is 0 Å². The molecule has 52 heavy (non-hydrogen) atoms. The fourth-order valence-electron chi connectivity index (χ4n) is 8.55. The Morgan fingerprint density at radius 3 is 2.50 bits per heavy atom. The molecule has 270 valence electrons. The molecule has 2 saturated heterocycles. The number of hydrogen-bond acceptors (Lipinski definition) is 9. The maximum absolute atomic E-state index is 13.4. The molecule has 0 radical (unpaired) electrons. The predicted molar refractivity (Wildman–Crippen MR) is 194 cm³/mol. The lowest BCUT2D eigenvalue weighted by molar-refractivity contribution is -0.135. The number of hydrogen-bond donors (Lipinski definition) is 2. The fraction of sp³-hybridized carbons (Fsp3) is 0.447. The molecular formula is C38H43N9O5. The van der Waals surface area contributed by atoms with Gasteiger partial charge < -0.3 is 15.0 Å². The predicted octanol–water partition coefficient (Wildman–Crippen LogP) is 4.33. The van der Waals surface area contributed by atoms with Crippen molar-refractivity contribution in [1.29, 1.82) is 0 Å². The largest absolute Gasteiger partial charge is 0.494 e. The summed E-state index contributed by atoms with van der Waals surface area (Å²) in [5.41, 5.74) is 4.35. The van der Waals surface area contributed by atoms with Gasteiger partial charge in [0.05, 0.1) is 41.0 Å². The number of carbonyl (C=O) groups excluding carboxylic acids is 3. The average molecular weight is 706 g/mol. The molecule has 1 atom stereocenters.